The first-order valence-electron chi connectivity index (χ1n) is 2.41. The summed E-state index contributed by atoms with van der Waals surface area (Å²) in [7, 11) is 2.08. The van der Waals surface area contributed by atoms with Crippen molar-refractivity contribution < 1.29 is 16.4 Å². The van der Waals surface area contributed by atoms with E-state index in [1.165, 1.54) is 5.46 Å². The summed E-state index contributed by atoms with van der Waals surface area (Å²) in [5.41, 5.74) is 1.32. The van der Waals surface area contributed by atoms with Gasteiger partial charge in [0.25, 0.3) is 0 Å². The number of benzene rings is 1. The van der Waals surface area contributed by atoms with Crippen LogP contribution >= 0.6 is 0 Å². The van der Waals surface area contributed by atoms with Crippen molar-refractivity contribution in [3.8, 4) is 0 Å². The van der Waals surface area contributed by atoms with E-state index in [1.807, 2.05) is 18.2 Å². The maximum atomic E-state index is 2.08. The Hall–Kier alpha value is -0.835. The van der Waals surface area contributed by atoms with Crippen LogP contribution in [0.15, 0.2) is 30.3 Å². The fraction of sp³-hybridized carbons (Fsp3) is 0. The molecule has 0 bridgehead atoms. The highest BCUT2D eigenvalue weighted by Gasteiger charge is 1.72. The van der Waals surface area contributed by atoms with Crippen molar-refractivity contribution in [2.75, 3.05) is 0 Å². The standard InChI is InChI=1S/C6H7B.3H2O/c7-6-4-2-1-3-5-6;;;/h1-5H,7H2;3*1H2. The van der Waals surface area contributed by atoms with Crippen LogP contribution in [0.25, 0.3) is 0 Å². The largest absolute Gasteiger partial charge is 0.412 e. The molecule has 0 saturated carbocycles. The number of hydrogen-bond acceptors (Lipinski definition) is 0. The van der Waals surface area contributed by atoms with Crippen LogP contribution in [0.3, 0.4) is 0 Å². The zero-order valence-electron chi connectivity index (χ0n) is 5.89. The summed E-state index contributed by atoms with van der Waals surface area (Å²) in [6, 6.07) is 10.3. The van der Waals surface area contributed by atoms with Crippen LogP contribution in [0.1, 0.15) is 0 Å². The molecular formula is C6H13BO3. The van der Waals surface area contributed by atoms with Crippen molar-refractivity contribution in [2.24, 2.45) is 0 Å². The molecule has 0 radical (unpaired) electrons. The van der Waals surface area contributed by atoms with Crippen molar-refractivity contribution in [3.63, 3.8) is 0 Å². The highest BCUT2D eigenvalue weighted by atomic mass is 16.0. The lowest BCUT2D eigenvalue weighted by molar-refractivity contribution is 0.823. The third-order valence-corrected chi connectivity index (χ3v) is 0.940. The van der Waals surface area contributed by atoms with Gasteiger partial charge in [-0.1, -0.05) is 35.8 Å². The Bertz CT molecular complexity index is 143. The fourth-order valence-corrected chi connectivity index (χ4v) is 0.534. The van der Waals surface area contributed by atoms with Gasteiger partial charge in [-0.3, -0.25) is 0 Å². The van der Waals surface area contributed by atoms with Crippen molar-refractivity contribution >= 4 is 13.3 Å². The van der Waals surface area contributed by atoms with Gasteiger partial charge < -0.3 is 16.4 Å². The van der Waals surface area contributed by atoms with E-state index in [0.717, 1.165) is 0 Å². The highest BCUT2D eigenvalue weighted by Crippen LogP contribution is 1.76. The Labute approximate surface area is 61.0 Å². The van der Waals surface area contributed by atoms with Gasteiger partial charge in [0.2, 0.25) is 0 Å². The summed E-state index contributed by atoms with van der Waals surface area (Å²) in [5.74, 6) is 0. The molecule has 1 aromatic rings. The number of hydrogen-bond donors (Lipinski definition) is 0. The lowest BCUT2D eigenvalue weighted by Crippen LogP contribution is -1.97. The quantitative estimate of drug-likeness (QED) is 0.359. The van der Waals surface area contributed by atoms with Gasteiger partial charge in [0.15, 0.2) is 0 Å². The molecule has 1 aromatic carbocycles. The SMILES string of the molecule is Bc1ccccc1.O.O.O. The molecule has 0 aliphatic heterocycles. The molecule has 10 heavy (non-hydrogen) atoms. The smallest absolute Gasteiger partial charge is 0.139 e. The van der Waals surface area contributed by atoms with E-state index in [2.05, 4.69) is 20.0 Å². The van der Waals surface area contributed by atoms with Crippen molar-refractivity contribution in [2.45, 2.75) is 0 Å². The Morgan fingerprint density at radius 2 is 1.20 bits per heavy atom. The van der Waals surface area contributed by atoms with E-state index >= 15 is 0 Å². The Morgan fingerprint density at radius 1 is 0.800 bits per heavy atom. The van der Waals surface area contributed by atoms with Gasteiger partial charge in [-0.25, -0.2) is 0 Å². The first-order valence-corrected chi connectivity index (χ1v) is 2.41. The topological polar surface area (TPSA) is 94.5 Å². The van der Waals surface area contributed by atoms with Crippen LogP contribution in [-0.4, -0.2) is 24.3 Å². The van der Waals surface area contributed by atoms with Crippen LogP contribution < -0.4 is 5.46 Å². The molecule has 0 saturated heterocycles. The summed E-state index contributed by atoms with van der Waals surface area (Å²) in [6.07, 6.45) is 0. The van der Waals surface area contributed by atoms with Gasteiger partial charge in [-0.2, -0.15) is 0 Å². The first-order chi connectivity index (χ1) is 3.39. The van der Waals surface area contributed by atoms with Crippen molar-refractivity contribution in [1.82, 2.24) is 0 Å². The predicted molar refractivity (Wildman–Crippen MR) is 45.5 cm³/mol. The predicted octanol–water partition coefficient (Wildman–Crippen LogP) is -2.53. The van der Waals surface area contributed by atoms with E-state index in [4.69, 9.17) is 0 Å². The molecule has 0 amide bonds. The summed E-state index contributed by atoms with van der Waals surface area (Å²) < 4.78 is 0. The molecular weight excluding hydrogens is 131 g/mol. The van der Waals surface area contributed by atoms with Crippen LogP contribution in [0.5, 0.6) is 0 Å². The number of rotatable bonds is 0. The summed E-state index contributed by atoms with van der Waals surface area (Å²) in [6.45, 7) is 0. The maximum absolute atomic E-state index is 2.08. The average molecular weight is 144 g/mol. The molecule has 6 N–H and O–H groups in total. The first kappa shape index (κ1) is 16.1. The summed E-state index contributed by atoms with van der Waals surface area (Å²) in [4.78, 5) is 0. The van der Waals surface area contributed by atoms with Crippen LogP contribution in [-0.2, 0) is 0 Å². The molecule has 0 heterocycles. The minimum Gasteiger partial charge on any atom is -0.412 e. The highest BCUT2D eigenvalue weighted by molar-refractivity contribution is 6.32. The molecule has 1 rings (SSSR count). The minimum atomic E-state index is 0. The van der Waals surface area contributed by atoms with Gasteiger partial charge in [0.05, 0.1) is 0 Å². The molecule has 3 nitrogen and oxygen atoms in total. The third-order valence-electron chi connectivity index (χ3n) is 0.940. The normalized spacial score (nSPS) is 6.00. The van der Waals surface area contributed by atoms with E-state index in [0.29, 0.717) is 0 Å². The molecule has 0 aliphatic rings. The van der Waals surface area contributed by atoms with E-state index in [-0.39, 0.29) is 16.4 Å². The average Bonchev–Trinajstić information content (AvgIpc) is 1.69. The van der Waals surface area contributed by atoms with Crippen LogP contribution in [0.4, 0.5) is 0 Å². The van der Waals surface area contributed by atoms with E-state index in [1.54, 1.807) is 0 Å². The van der Waals surface area contributed by atoms with Crippen molar-refractivity contribution in [1.29, 1.82) is 0 Å². The zero-order valence-corrected chi connectivity index (χ0v) is 5.89. The zero-order chi connectivity index (χ0) is 5.11. The molecule has 58 valence electrons. The van der Waals surface area contributed by atoms with Gasteiger partial charge in [-0.15, -0.1) is 0 Å². The maximum Gasteiger partial charge on any atom is 0.139 e. The lowest BCUT2D eigenvalue weighted by atomic mass is 9.97. The monoisotopic (exact) mass is 144 g/mol. The molecule has 0 unspecified atom stereocenters. The second kappa shape index (κ2) is 8.16. The molecule has 4 heteroatoms. The van der Waals surface area contributed by atoms with E-state index in [9.17, 15) is 0 Å². The Morgan fingerprint density at radius 3 is 1.40 bits per heavy atom. The molecule has 0 spiro atoms. The second-order valence-electron chi connectivity index (χ2n) is 1.65. The second-order valence-corrected chi connectivity index (χ2v) is 1.65. The van der Waals surface area contributed by atoms with Gasteiger partial charge in [-0.05, 0) is 0 Å². The molecule has 0 atom stereocenters. The van der Waals surface area contributed by atoms with Crippen molar-refractivity contribution in [3.05, 3.63) is 30.3 Å². The van der Waals surface area contributed by atoms with E-state index < -0.39 is 0 Å². The summed E-state index contributed by atoms with van der Waals surface area (Å²) in [5, 5.41) is 0. The third kappa shape index (κ3) is 5.30. The van der Waals surface area contributed by atoms with Gasteiger partial charge in [0, 0.05) is 0 Å². The Balaban J connectivity index is -0.000000163. The van der Waals surface area contributed by atoms with Crippen LogP contribution in [0, 0.1) is 0 Å². The van der Waals surface area contributed by atoms with Gasteiger partial charge in [0.1, 0.15) is 7.85 Å². The molecule has 0 aromatic heterocycles. The molecule has 0 aliphatic carbocycles. The van der Waals surface area contributed by atoms with Gasteiger partial charge >= 0.3 is 0 Å². The lowest BCUT2D eigenvalue weighted by Gasteiger charge is -1.82. The Kier molecular flexibility index (Phi) is 13.1. The fourth-order valence-electron chi connectivity index (χ4n) is 0.534. The minimum absolute atomic E-state index is 0. The molecule has 0 fully saturated rings. The summed E-state index contributed by atoms with van der Waals surface area (Å²) >= 11 is 0. The van der Waals surface area contributed by atoms with Crippen LogP contribution in [0.2, 0.25) is 0 Å².